The Morgan fingerprint density at radius 1 is 1.35 bits per heavy atom. The second-order valence-corrected chi connectivity index (χ2v) is 4.82. The molecule has 0 unspecified atom stereocenters. The largest absolute Gasteiger partial charge is 0.418 e. The molecule has 0 atom stereocenters. The van der Waals surface area contributed by atoms with Crippen LogP contribution in [0.4, 0.5) is 27.6 Å². The summed E-state index contributed by atoms with van der Waals surface area (Å²) in [6, 6.07) is -0.339. The summed E-state index contributed by atoms with van der Waals surface area (Å²) in [5.41, 5.74) is -5.69. The molecule has 7 nitrogen and oxygen atoms in total. The minimum Gasteiger partial charge on any atom is -0.258 e. The van der Waals surface area contributed by atoms with Gasteiger partial charge in [0.15, 0.2) is 0 Å². The van der Waals surface area contributed by atoms with Crippen molar-refractivity contribution in [2.75, 3.05) is 0 Å². The zero-order valence-electron chi connectivity index (χ0n) is 9.06. The lowest BCUT2D eigenvalue weighted by Gasteiger charge is -2.12. The molecule has 0 saturated heterocycles. The van der Waals surface area contributed by atoms with Crippen LogP contribution >= 0.6 is 0 Å². The quantitative estimate of drug-likeness (QED) is 0.515. The van der Waals surface area contributed by atoms with Gasteiger partial charge in [0.2, 0.25) is 5.03 Å². The Hall–Kier alpha value is -1.89. The number of halogens is 5. The van der Waals surface area contributed by atoms with E-state index in [4.69, 9.17) is 0 Å². The molecular formula is C7H4F5N3O4S. The number of hydrogen-bond acceptors (Lipinski definition) is 5. The predicted molar refractivity (Wildman–Crippen MR) is 52.2 cm³/mol. The van der Waals surface area contributed by atoms with Gasteiger partial charge in [0.05, 0.1) is 10.5 Å². The van der Waals surface area contributed by atoms with E-state index in [1.54, 1.807) is 0 Å². The molecular weight excluding hydrogens is 317 g/mol. The Kier molecular flexibility index (Phi) is 3.96. The van der Waals surface area contributed by atoms with E-state index in [9.17, 15) is 40.5 Å². The Balaban J connectivity index is 3.84. The number of nitrogens with zero attached hydrogens (tertiary/aromatic N) is 2. The Morgan fingerprint density at radius 2 is 1.85 bits per heavy atom. The molecule has 0 radical (unpaired) electrons. The second kappa shape index (κ2) is 4.90. The minimum absolute atomic E-state index is 0.339. The van der Waals surface area contributed by atoms with E-state index < -0.39 is 49.5 Å². The molecule has 1 aromatic rings. The number of sulfonamides is 1. The lowest BCUT2D eigenvalue weighted by Crippen LogP contribution is -2.20. The van der Waals surface area contributed by atoms with Crippen LogP contribution in [0.25, 0.3) is 0 Å². The van der Waals surface area contributed by atoms with Crippen LogP contribution in [0.1, 0.15) is 17.7 Å². The van der Waals surface area contributed by atoms with Crippen LogP contribution in [0.2, 0.25) is 0 Å². The zero-order chi connectivity index (χ0) is 15.9. The van der Waals surface area contributed by atoms with Crippen molar-refractivity contribution in [3.05, 3.63) is 27.4 Å². The molecule has 0 fully saturated rings. The molecule has 1 heterocycles. The first-order valence-corrected chi connectivity index (χ1v) is 5.97. The molecule has 20 heavy (non-hydrogen) atoms. The van der Waals surface area contributed by atoms with E-state index >= 15 is 0 Å². The van der Waals surface area contributed by atoms with Crippen molar-refractivity contribution in [3.63, 3.8) is 0 Å². The number of aromatic nitrogens is 1. The molecule has 13 heteroatoms. The van der Waals surface area contributed by atoms with E-state index in [1.165, 1.54) is 0 Å². The molecule has 0 aromatic carbocycles. The van der Waals surface area contributed by atoms with Gasteiger partial charge in [-0.1, -0.05) is 0 Å². The summed E-state index contributed by atoms with van der Waals surface area (Å²) in [6.45, 7) is 0. The van der Waals surface area contributed by atoms with E-state index in [1.807, 2.05) is 0 Å². The highest BCUT2D eigenvalue weighted by Gasteiger charge is 2.41. The molecule has 0 saturated carbocycles. The molecule has 0 amide bonds. The monoisotopic (exact) mass is 321 g/mol. The summed E-state index contributed by atoms with van der Waals surface area (Å²) in [5, 5.41) is 13.4. The van der Waals surface area contributed by atoms with E-state index in [2.05, 4.69) is 10.1 Å². The summed E-state index contributed by atoms with van der Waals surface area (Å²) in [5.74, 6) is 0. The van der Waals surface area contributed by atoms with Crippen molar-refractivity contribution >= 4 is 15.7 Å². The SMILES string of the molecule is NS(=O)(=O)c1nc(C(F)F)c(C(F)(F)F)cc1[N+](=O)[O-]. The number of hydrogen-bond donors (Lipinski definition) is 1. The first-order chi connectivity index (χ1) is 8.85. The summed E-state index contributed by atoms with van der Waals surface area (Å²) in [7, 11) is -4.95. The average molecular weight is 321 g/mol. The number of nitro groups is 1. The molecule has 0 aliphatic carbocycles. The van der Waals surface area contributed by atoms with E-state index in [0.29, 0.717) is 0 Å². The van der Waals surface area contributed by atoms with Crippen molar-refractivity contribution in [3.8, 4) is 0 Å². The van der Waals surface area contributed by atoms with Gasteiger partial charge in [-0.3, -0.25) is 10.1 Å². The maximum atomic E-state index is 12.5. The highest BCUT2D eigenvalue weighted by Crippen LogP contribution is 2.38. The standard InChI is InChI=1S/C7H4F5N3O4S/c8-5(9)4-2(7(10,11)12)1-3(15(16)17)6(14-4)20(13,18)19/h1,5H,(H2,13,18,19). The van der Waals surface area contributed by atoms with Crippen LogP contribution in [0.5, 0.6) is 0 Å². The third-order valence-electron chi connectivity index (χ3n) is 1.98. The third kappa shape index (κ3) is 3.16. The molecule has 1 aromatic heterocycles. The summed E-state index contributed by atoms with van der Waals surface area (Å²) in [4.78, 5) is 11.5. The second-order valence-electron chi connectivity index (χ2n) is 3.35. The molecule has 0 bridgehead atoms. The van der Waals surface area contributed by atoms with Gasteiger partial charge < -0.3 is 0 Å². The van der Waals surface area contributed by atoms with Gasteiger partial charge in [-0.15, -0.1) is 0 Å². The van der Waals surface area contributed by atoms with Gasteiger partial charge in [-0.05, 0) is 0 Å². The number of nitrogens with two attached hydrogens (primary N) is 1. The van der Waals surface area contributed by atoms with Gasteiger partial charge in [0.1, 0.15) is 5.69 Å². The highest BCUT2D eigenvalue weighted by molar-refractivity contribution is 7.89. The van der Waals surface area contributed by atoms with Crippen molar-refractivity contribution < 1.29 is 35.3 Å². The third-order valence-corrected chi connectivity index (χ3v) is 2.82. The fraction of sp³-hybridized carbons (Fsp3) is 0.286. The molecule has 1 rings (SSSR count). The molecule has 0 aliphatic rings. The minimum atomic E-state index is -5.37. The predicted octanol–water partition coefficient (Wildman–Crippen LogP) is 1.59. The average Bonchev–Trinajstić information content (AvgIpc) is 2.24. The molecule has 0 spiro atoms. The van der Waals surface area contributed by atoms with Crippen LogP contribution in [0.15, 0.2) is 11.1 Å². The fourth-order valence-electron chi connectivity index (χ4n) is 1.23. The number of primary sulfonamides is 1. The van der Waals surface area contributed by atoms with Gasteiger partial charge in [0.25, 0.3) is 16.4 Å². The van der Waals surface area contributed by atoms with Crippen molar-refractivity contribution in [1.29, 1.82) is 0 Å². The summed E-state index contributed by atoms with van der Waals surface area (Å²) >= 11 is 0. The highest BCUT2D eigenvalue weighted by atomic mass is 32.2. The van der Waals surface area contributed by atoms with Crippen molar-refractivity contribution in [2.24, 2.45) is 5.14 Å². The zero-order valence-corrected chi connectivity index (χ0v) is 9.87. The number of pyridine rings is 1. The van der Waals surface area contributed by atoms with E-state index in [-0.39, 0.29) is 6.07 Å². The summed E-state index contributed by atoms with van der Waals surface area (Å²) < 4.78 is 84.5. The van der Waals surface area contributed by atoms with Crippen molar-refractivity contribution in [1.82, 2.24) is 4.98 Å². The maximum absolute atomic E-state index is 12.5. The normalized spacial score (nSPS) is 12.8. The number of rotatable bonds is 3. The van der Waals surface area contributed by atoms with Gasteiger partial charge in [-0.2, -0.15) is 13.2 Å². The summed E-state index contributed by atoms with van der Waals surface area (Å²) in [6.07, 6.45) is -9.17. The van der Waals surface area contributed by atoms with Crippen LogP contribution in [-0.4, -0.2) is 18.3 Å². The van der Waals surface area contributed by atoms with Gasteiger partial charge in [-0.25, -0.2) is 27.3 Å². The molecule has 0 aliphatic heterocycles. The Bertz CT molecular complexity index is 657. The maximum Gasteiger partial charge on any atom is 0.418 e. The van der Waals surface area contributed by atoms with Crippen LogP contribution in [0, 0.1) is 10.1 Å². The fourth-order valence-corrected chi connectivity index (χ4v) is 1.88. The van der Waals surface area contributed by atoms with Crippen LogP contribution in [-0.2, 0) is 16.2 Å². The first kappa shape index (κ1) is 16.2. The number of alkyl halides is 5. The van der Waals surface area contributed by atoms with Crippen molar-refractivity contribution in [2.45, 2.75) is 17.6 Å². The van der Waals surface area contributed by atoms with Crippen LogP contribution < -0.4 is 5.14 Å². The molecule has 112 valence electrons. The lowest BCUT2D eigenvalue weighted by molar-refractivity contribution is -0.388. The van der Waals surface area contributed by atoms with Crippen LogP contribution in [0.3, 0.4) is 0 Å². The smallest absolute Gasteiger partial charge is 0.258 e. The first-order valence-electron chi connectivity index (χ1n) is 4.43. The van der Waals surface area contributed by atoms with Gasteiger partial charge >= 0.3 is 11.9 Å². The molecule has 2 N–H and O–H groups in total. The lowest BCUT2D eigenvalue weighted by atomic mass is 10.1. The topological polar surface area (TPSA) is 116 Å². The Labute approximate surface area is 107 Å². The Morgan fingerprint density at radius 3 is 2.15 bits per heavy atom. The van der Waals surface area contributed by atoms with Gasteiger partial charge in [0, 0.05) is 6.07 Å². The van der Waals surface area contributed by atoms with E-state index in [0.717, 1.165) is 0 Å².